The highest BCUT2D eigenvalue weighted by molar-refractivity contribution is 5.97. The van der Waals surface area contributed by atoms with Crippen molar-refractivity contribution in [2.24, 2.45) is 0 Å². The summed E-state index contributed by atoms with van der Waals surface area (Å²) in [4.78, 5) is 19.0. The molecule has 2 heterocycles. The van der Waals surface area contributed by atoms with Crippen LogP contribution >= 0.6 is 0 Å². The molecule has 1 unspecified atom stereocenters. The zero-order valence-corrected chi connectivity index (χ0v) is 15.4. The van der Waals surface area contributed by atoms with Gasteiger partial charge in [0, 0.05) is 24.6 Å². The number of benzene rings is 2. The Morgan fingerprint density at radius 1 is 1.07 bits per heavy atom. The Hall–Kier alpha value is -3.02. The first-order valence-electron chi connectivity index (χ1n) is 9.70. The van der Waals surface area contributed by atoms with Gasteiger partial charge in [0.2, 0.25) is 5.91 Å². The van der Waals surface area contributed by atoms with E-state index in [0.717, 1.165) is 24.9 Å². The topological polar surface area (TPSA) is 59.2 Å². The number of carbonyl (C=O) groups is 1. The molecule has 1 fully saturated rings. The van der Waals surface area contributed by atoms with Crippen molar-refractivity contribution in [2.45, 2.75) is 38.0 Å². The summed E-state index contributed by atoms with van der Waals surface area (Å²) in [5, 5.41) is 4.03. The third kappa shape index (κ3) is 2.89. The van der Waals surface area contributed by atoms with Gasteiger partial charge in [-0.3, -0.25) is 4.79 Å². The third-order valence-corrected chi connectivity index (χ3v) is 5.70. The normalized spacial score (nSPS) is 19.1. The Balaban J connectivity index is 1.42. The van der Waals surface area contributed by atoms with Crippen LogP contribution in [0.4, 0.5) is 10.1 Å². The van der Waals surface area contributed by atoms with Crippen LogP contribution in [0.2, 0.25) is 0 Å². The lowest BCUT2D eigenvalue weighted by atomic mass is 9.90. The molecule has 1 aliphatic carbocycles. The number of rotatable bonds is 3. The quantitative estimate of drug-likeness (QED) is 0.684. The van der Waals surface area contributed by atoms with Crippen molar-refractivity contribution in [3.63, 3.8) is 0 Å². The van der Waals surface area contributed by atoms with Gasteiger partial charge in [-0.05, 0) is 55.0 Å². The molecule has 2 aliphatic rings. The van der Waals surface area contributed by atoms with Gasteiger partial charge in [-0.25, -0.2) is 4.39 Å². The fraction of sp³-hybridized carbons (Fsp3) is 0.318. The van der Waals surface area contributed by atoms with Crippen molar-refractivity contribution in [1.82, 2.24) is 10.1 Å². The summed E-state index contributed by atoms with van der Waals surface area (Å²) in [6, 6.07) is 12.5. The van der Waals surface area contributed by atoms with Gasteiger partial charge in [0.05, 0.1) is 5.56 Å². The van der Waals surface area contributed by atoms with E-state index < -0.39 is 5.82 Å². The number of nitrogens with zero attached hydrogens (tertiary/aromatic N) is 3. The Morgan fingerprint density at radius 3 is 2.82 bits per heavy atom. The lowest BCUT2D eigenvalue weighted by molar-refractivity contribution is -0.117. The molecular weight excluding hydrogens is 357 g/mol. The second-order valence-corrected chi connectivity index (χ2v) is 7.46. The van der Waals surface area contributed by atoms with Gasteiger partial charge in [0.15, 0.2) is 5.82 Å². The van der Waals surface area contributed by atoms with E-state index in [0.29, 0.717) is 18.8 Å². The highest BCUT2D eigenvalue weighted by Gasteiger charge is 2.36. The Kier molecular flexibility index (Phi) is 4.19. The first-order chi connectivity index (χ1) is 13.7. The molecule has 1 amide bonds. The summed E-state index contributed by atoms with van der Waals surface area (Å²) in [7, 11) is 0. The molecule has 0 bridgehead atoms. The van der Waals surface area contributed by atoms with E-state index in [1.54, 1.807) is 18.2 Å². The number of hydrogen-bond acceptors (Lipinski definition) is 4. The monoisotopic (exact) mass is 377 g/mol. The molecule has 0 N–H and O–H groups in total. The van der Waals surface area contributed by atoms with Gasteiger partial charge in [-0.1, -0.05) is 29.4 Å². The predicted octanol–water partition coefficient (Wildman–Crippen LogP) is 4.28. The van der Waals surface area contributed by atoms with Crippen LogP contribution in [0.5, 0.6) is 0 Å². The zero-order valence-electron chi connectivity index (χ0n) is 15.4. The van der Waals surface area contributed by atoms with Gasteiger partial charge in [-0.15, -0.1) is 0 Å². The van der Waals surface area contributed by atoms with Gasteiger partial charge >= 0.3 is 0 Å². The van der Waals surface area contributed by atoms with E-state index in [2.05, 4.69) is 16.2 Å². The van der Waals surface area contributed by atoms with Crippen molar-refractivity contribution in [1.29, 1.82) is 0 Å². The molecule has 1 saturated heterocycles. The molecule has 142 valence electrons. The van der Waals surface area contributed by atoms with Gasteiger partial charge in [-0.2, -0.15) is 4.98 Å². The third-order valence-electron chi connectivity index (χ3n) is 5.70. The largest absolute Gasteiger partial charge is 0.334 e. The summed E-state index contributed by atoms with van der Waals surface area (Å²) >= 11 is 0. The molecule has 1 aliphatic heterocycles. The van der Waals surface area contributed by atoms with Crippen LogP contribution in [0, 0.1) is 5.82 Å². The van der Waals surface area contributed by atoms with Crippen LogP contribution < -0.4 is 4.90 Å². The number of aromatic nitrogens is 2. The molecule has 2 aromatic carbocycles. The Labute approximate surface area is 162 Å². The Bertz CT molecular complexity index is 1050. The molecule has 5 nitrogen and oxygen atoms in total. The second-order valence-electron chi connectivity index (χ2n) is 7.46. The molecule has 0 saturated carbocycles. The van der Waals surface area contributed by atoms with Crippen molar-refractivity contribution >= 4 is 11.6 Å². The minimum absolute atomic E-state index is 0.0706. The maximum atomic E-state index is 14.0. The highest BCUT2D eigenvalue weighted by atomic mass is 19.1. The summed E-state index contributed by atoms with van der Waals surface area (Å²) in [6.07, 6.45) is 4.78. The number of amides is 1. The molecule has 3 aromatic rings. The molecular formula is C22H20FN3O2. The van der Waals surface area contributed by atoms with Gasteiger partial charge in [0.25, 0.3) is 5.89 Å². The maximum Gasteiger partial charge on any atom is 0.260 e. The SMILES string of the molecule is O=C1CC(c2noc(-c3ccccc3F)n2)CN1c1cccc2c1CCCC2. The standard InChI is InChI=1S/C22H20FN3O2/c23-18-10-4-3-9-17(18)22-24-21(25-28-22)15-12-20(27)26(13-15)19-11-5-7-14-6-1-2-8-16(14)19/h3-5,7,9-11,15H,1-2,6,8,12-13H2. The average molecular weight is 377 g/mol. The first-order valence-corrected chi connectivity index (χ1v) is 9.70. The number of anilines is 1. The van der Waals surface area contributed by atoms with Crippen molar-refractivity contribution < 1.29 is 13.7 Å². The molecule has 0 radical (unpaired) electrons. The van der Waals surface area contributed by atoms with Crippen LogP contribution in [0.25, 0.3) is 11.5 Å². The average Bonchev–Trinajstić information content (AvgIpc) is 3.35. The highest BCUT2D eigenvalue weighted by Crippen LogP contribution is 2.36. The molecule has 1 aromatic heterocycles. The smallest absolute Gasteiger partial charge is 0.260 e. The molecule has 6 heteroatoms. The minimum Gasteiger partial charge on any atom is -0.334 e. The number of fused-ring (bicyclic) bond motifs is 1. The number of aryl methyl sites for hydroxylation is 1. The fourth-order valence-corrected chi connectivity index (χ4v) is 4.27. The molecule has 0 spiro atoms. The number of halogens is 1. The van der Waals surface area contributed by atoms with Crippen molar-refractivity contribution in [2.75, 3.05) is 11.4 Å². The summed E-state index contributed by atoms with van der Waals surface area (Å²) in [5.74, 6) is 0.116. The lowest BCUT2D eigenvalue weighted by Crippen LogP contribution is -2.26. The van der Waals surface area contributed by atoms with E-state index in [-0.39, 0.29) is 23.3 Å². The second kappa shape index (κ2) is 6.86. The van der Waals surface area contributed by atoms with Crippen molar-refractivity contribution in [3.05, 3.63) is 65.2 Å². The van der Waals surface area contributed by atoms with E-state index in [4.69, 9.17) is 4.52 Å². The number of hydrogen-bond donors (Lipinski definition) is 0. The lowest BCUT2D eigenvalue weighted by Gasteiger charge is -2.25. The molecule has 5 rings (SSSR count). The predicted molar refractivity (Wildman–Crippen MR) is 102 cm³/mol. The van der Waals surface area contributed by atoms with Crippen LogP contribution in [0.15, 0.2) is 47.0 Å². The van der Waals surface area contributed by atoms with Gasteiger partial charge < -0.3 is 9.42 Å². The summed E-state index contributed by atoms with van der Waals surface area (Å²) in [6.45, 7) is 0.519. The van der Waals surface area contributed by atoms with E-state index in [1.165, 1.54) is 23.6 Å². The zero-order chi connectivity index (χ0) is 19.1. The van der Waals surface area contributed by atoms with Crippen LogP contribution in [-0.4, -0.2) is 22.6 Å². The fourth-order valence-electron chi connectivity index (χ4n) is 4.27. The van der Waals surface area contributed by atoms with E-state index in [1.807, 2.05) is 17.0 Å². The minimum atomic E-state index is -0.405. The Morgan fingerprint density at radius 2 is 1.93 bits per heavy atom. The first kappa shape index (κ1) is 17.1. The van der Waals surface area contributed by atoms with Crippen molar-refractivity contribution in [3.8, 4) is 11.5 Å². The van der Waals surface area contributed by atoms with E-state index >= 15 is 0 Å². The van der Waals surface area contributed by atoms with Gasteiger partial charge in [0.1, 0.15) is 5.82 Å². The van der Waals surface area contributed by atoms with Crippen LogP contribution in [0.1, 0.15) is 42.1 Å². The number of carbonyl (C=O) groups excluding carboxylic acids is 1. The molecule has 1 atom stereocenters. The van der Waals surface area contributed by atoms with Crippen LogP contribution in [0.3, 0.4) is 0 Å². The van der Waals surface area contributed by atoms with E-state index in [9.17, 15) is 9.18 Å². The van der Waals surface area contributed by atoms with Crippen LogP contribution in [-0.2, 0) is 17.6 Å². The maximum absolute atomic E-state index is 14.0. The molecule has 28 heavy (non-hydrogen) atoms. The summed E-state index contributed by atoms with van der Waals surface area (Å²) < 4.78 is 19.3. The summed E-state index contributed by atoms with van der Waals surface area (Å²) in [5.41, 5.74) is 3.94.